The van der Waals surface area contributed by atoms with Crippen molar-refractivity contribution in [3.8, 4) is 0 Å². The van der Waals surface area contributed by atoms with Crippen molar-refractivity contribution in [2.24, 2.45) is 0 Å². The predicted octanol–water partition coefficient (Wildman–Crippen LogP) is 2.02. The highest BCUT2D eigenvalue weighted by Crippen LogP contribution is 2.23. The van der Waals surface area contributed by atoms with Gasteiger partial charge in [-0.25, -0.2) is 9.78 Å². The molecule has 5 nitrogen and oxygen atoms in total. The van der Waals surface area contributed by atoms with E-state index in [0.717, 1.165) is 31.4 Å². The van der Waals surface area contributed by atoms with Crippen LogP contribution in [0.2, 0.25) is 0 Å². The molecule has 1 saturated heterocycles. The number of piperidine rings is 1. The Hall–Kier alpha value is -1.62. The maximum Gasteiger partial charge on any atom is 0.327 e. The maximum atomic E-state index is 12.0. The molecule has 1 fully saturated rings. The van der Waals surface area contributed by atoms with Gasteiger partial charge in [0.1, 0.15) is 0 Å². The summed E-state index contributed by atoms with van der Waals surface area (Å²) in [6.07, 6.45) is 3.76. The largest absolute Gasteiger partial charge is 0.327 e. The Bertz CT molecular complexity index is 578. The number of likely N-dealkylation sites (tertiary alicyclic amines) is 1. The van der Waals surface area contributed by atoms with Gasteiger partial charge in [-0.1, -0.05) is 13.8 Å². The van der Waals surface area contributed by atoms with E-state index >= 15 is 0 Å². The second-order valence-corrected chi connectivity index (χ2v) is 4.71. The van der Waals surface area contributed by atoms with Crippen LogP contribution in [0, 0.1) is 0 Å². The van der Waals surface area contributed by atoms with Crippen molar-refractivity contribution in [1.29, 1.82) is 0 Å². The molecule has 0 radical (unpaired) electrons. The first-order valence-corrected chi connectivity index (χ1v) is 6.99. The average Bonchev–Trinajstić information content (AvgIpc) is 2.78. The number of hydrogen-bond donors (Lipinski definition) is 1. The average molecular weight is 262 g/mol. The van der Waals surface area contributed by atoms with E-state index in [1.807, 2.05) is 30.5 Å². The molecule has 0 atom stereocenters. The summed E-state index contributed by atoms with van der Waals surface area (Å²) >= 11 is 0. The van der Waals surface area contributed by atoms with Crippen molar-refractivity contribution < 1.29 is 0 Å². The Morgan fingerprint density at radius 1 is 1.32 bits per heavy atom. The molecule has 0 bridgehead atoms. The van der Waals surface area contributed by atoms with Gasteiger partial charge in [0.2, 0.25) is 0 Å². The van der Waals surface area contributed by atoms with Crippen LogP contribution < -0.4 is 5.69 Å². The standard InChI is InChI=1S/C12H16N4O.C2H6/c1-15-7-4-9(5-8-15)16-10-3-2-6-13-11(10)14-12(16)17;1-2/h2-3,6,9H,4-5,7-8H2,1H3,(H,13,14,17);1-2H3. The van der Waals surface area contributed by atoms with Crippen LogP contribution in [0.25, 0.3) is 11.2 Å². The molecular weight excluding hydrogens is 240 g/mol. The van der Waals surface area contributed by atoms with Crippen LogP contribution in [0.3, 0.4) is 0 Å². The number of H-pyrrole nitrogens is 1. The smallest absolute Gasteiger partial charge is 0.306 e. The van der Waals surface area contributed by atoms with E-state index in [1.165, 1.54) is 0 Å². The Morgan fingerprint density at radius 2 is 2.00 bits per heavy atom. The molecule has 3 heterocycles. The lowest BCUT2D eigenvalue weighted by atomic mass is 10.1. The van der Waals surface area contributed by atoms with E-state index in [-0.39, 0.29) is 5.69 Å². The molecule has 2 aromatic heterocycles. The molecule has 0 amide bonds. The first-order valence-electron chi connectivity index (χ1n) is 6.99. The normalized spacial score (nSPS) is 17.2. The highest BCUT2D eigenvalue weighted by atomic mass is 16.1. The zero-order valence-corrected chi connectivity index (χ0v) is 11.9. The molecule has 3 rings (SSSR count). The van der Waals surface area contributed by atoms with Crippen molar-refractivity contribution in [3.63, 3.8) is 0 Å². The highest BCUT2D eigenvalue weighted by Gasteiger charge is 2.21. The van der Waals surface area contributed by atoms with E-state index in [2.05, 4.69) is 21.9 Å². The summed E-state index contributed by atoms with van der Waals surface area (Å²) < 4.78 is 1.87. The number of nitrogens with zero attached hydrogens (tertiary/aromatic N) is 3. The van der Waals surface area contributed by atoms with Crippen LogP contribution in [0.4, 0.5) is 0 Å². The van der Waals surface area contributed by atoms with Gasteiger partial charge in [-0.05, 0) is 45.1 Å². The summed E-state index contributed by atoms with van der Waals surface area (Å²) in [5, 5.41) is 0. The molecule has 0 aromatic carbocycles. The minimum atomic E-state index is -0.0340. The van der Waals surface area contributed by atoms with Crippen LogP contribution in [0.15, 0.2) is 23.1 Å². The summed E-state index contributed by atoms with van der Waals surface area (Å²) in [4.78, 5) is 21.3. The Labute approximate surface area is 113 Å². The van der Waals surface area contributed by atoms with E-state index in [4.69, 9.17) is 0 Å². The van der Waals surface area contributed by atoms with Crippen molar-refractivity contribution in [3.05, 3.63) is 28.8 Å². The zero-order valence-electron chi connectivity index (χ0n) is 11.9. The lowest BCUT2D eigenvalue weighted by Crippen LogP contribution is -2.34. The van der Waals surface area contributed by atoms with Gasteiger partial charge < -0.3 is 4.90 Å². The second-order valence-electron chi connectivity index (χ2n) is 4.71. The summed E-state index contributed by atoms with van der Waals surface area (Å²) in [6, 6.07) is 4.14. The second kappa shape index (κ2) is 6.02. The Balaban J connectivity index is 0.000000637. The highest BCUT2D eigenvalue weighted by molar-refractivity contribution is 5.70. The number of aromatic nitrogens is 3. The molecule has 104 valence electrons. The molecule has 0 aliphatic carbocycles. The summed E-state index contributed by atoms with van der Waals surface area (Å²) in [6.45, 7) is 6.09. The van der Waals surface area contributed by atoms with Gasteiger partial charge in [0, 0.05) is 12.2 Å². The van der Waals surface area contributed by atoms with Gasteiger partial charge in [-0.3, -0.25) is 9.55 Å². The molecule has 0 saturated carbocycles. The summed E-state index contributed by atoms with van der Waals surface area (Å²) in [5.41, 5.74) is 1.58. The van der Waals surface area contributed by atoms with Gasteiger partial charge in [-0.2, -0.15) is 0 Å². The van der Waals surface area contributed by atoms with Crippen LogP contribution in [-0.2, 0) is 0 Å². The SMILES string of the molecule is CC.CN1CCC(n2c(=O)[nH]c3ncccc32)CC1. The molecule has 1 N–H and O–H groups in total. The molecule has 0 spiro atoms. The first-order chi connectivity index (χ1) is 9.25. The number of nitrogens with one attached hydrogen (secondary N) is 1. The lowest BCUT2D eigenvalue weighted by Gasteiger charge is -2.29. The molecular formula is C14H22N4O. The van der Waals surface area contributed by atoms with Gasteiger partial charge in [0.05, 0.1) is 5.52 Å². The van der Waals surface area contributed by atoms with Gasteiger partial charge in [-0.15, -0.1) is 0 Å². The Morgan fingerprint density at radius 3 is 2.68 bits per heavy atom. The van der Waals surface area contributed by atoms with E-state index in [9.17, 15) is 4.79 Å². The van der Waals surface area contributed by atoms with Crippen LogP contribution >= 0.6 is 0 Å². The molecule has 1 aliphatic heterocycles. The van der Waals surface area contributed by atoms with E-state index in [1.54, 1.807) is 6.20 Å². The topological polar surface area (TPSA) is 53.9 Å². The number of hydrogen-bond acceptors (Lipinski definition) is 3. The lowest BCUT2D eigenvalue weighted by molar-refractivity contribution is 0.221. The van der Waals surface area contributed by atoms with E-state index in [0.29, 0.717) is 11.7 Å². The van der Waals surface area contributed by atoms with E-state index < -0.39 is 0 Å². The molecule has 1 aliphatic rings. The Kier molecular flexibility index (Phi) is 4.37. The van der Waals surface area contributed by atoms with Crippen molar-refractivity contribution in [2.75, 3.05) is 20.1 Å². The van der Waals surface area contributed by atoms with Gasteiger partial charge in [0.25, 0.3) is 0 Å². The quantitative estimate of drug-likeness (QED) is 0.855. The minimum Gasteiger partial charge on any atom is -0.306 e. The molecule has 19 heavy (non-hydrogen) atoms. The van der Waals surface area contributed by atoms with Gasteiger partial charge >= 0.3 is 5.69 Å². The van der Waals surface area contributed by atoms with Crippen LogP contribution in [0.1, 0.15) is 32.7 Å². The minimum absolute atomic E-state index is 0.0340. The molecule has 2 aromatic rings. The van der Waals surface area contributed by atoms with Crippen molar-refractivity contribution >= 4 is 11.2 Å². The number of fused-ring (bicyclic) bond motifs is 1. The zero-order chi connectivity index (χ0) is 13.8. The third-order valence-electron chi connectivity index (χ3n) is 3.54. The van der Waals surface area contributed by atoms with Crippen LogP contribution in [-0.4, -0.2) is 39.6 Å². The predicted molar refractivity (Wildman–Crippen MR) is 77.5 cm³/mol. The van der Waals surface area contributed by atoms with Gasteiger partial charge in [0.15, 0.2) is 5.65 Å². The number of rotatable bonds is 1. The third kappa shape index (κ3) is 2.71. The fourth-order valence-corrected chi connectivity index (χ4v) is 2.57. The third-order valence-corrected chi connectivity index (χ3v) is 3.54. The van der Waals surface area contributed by atoms with Crippen molar-refractivity contribution in [2.45, 2.75) is 32.7 Å². The fourth-order valence-electron chi connectivity index (χ4n) is 2.57. The summed E-state index contributed by atoms with van der Waals surface area (Å²) in [5.74, 6) is 0. The summed E-state index contributed by atoms with van der Waals surface area (Å²) in [7, 11) is 2.12. The number of imidazole rings is 1. The van der Waals surface area contributed by atoms with Crippen LogP contribution in [0.5, 0.6) is 0 Å². The number of pyridine rings is 1. The molecule has 5 heteroatoms. The number of aromatic amines is 1. The maximum absolute atomic E-state index is 12.0. The molecule has 0 unspecified atom stereocenters. The first kappa shape index (κ1) is 13.8. The monoisotopic (exact) mass is 262 g/mol. The fraction of sp³-hybridized carbons (Fsp3) is 0.571. The van der Waals surface area contributed by atoms with Crippen molar-refractivity contribution in [1.82, 2.24) is 19.4 Å².